The molecule has 1 amide bonds. The molecule has 2 heterocycles. The van der Waals surface area contributed by atoms with Crippen LogP contribution in [0.25, 0.3) is 0 Å². The van der Waals surface area contributed by atoms with E-state index in [0.717, 1.165) is 17.5 Å². The van der Waals surface area contributed by atoms with Gasteiger partial charge in [0.05, 0.1) is 18.1 Å². The first-order valence-electron chi connectivity index (χ1n) is 11.5. The Hall–Kier alpha value is -2.91. The molecule has 8 nitrogen and oxygen atoms in total. The van der Waals surface area contributed by atoms with Crippen LogP contribution in [0.3, 0.4) is 0 Å². The van der Waals surface area contributed by atoms with E-state index in [2.05, 4.69) is 0 Å². The zero-order valence-electron chi connectivity index (χ0n) is 19.6. The maximum atomic E-state index is 13.1. The number of ether oxygens (including phenoxy) is 2. The summed E-state index contributed by atoms with van der Waals surface area (Å²) in [6.45, 7) is 5.81. The third-order valence-corrected chi connectivity index (χ3v) is 8.10. The fourth-order valence-corrected chi connectivity index (χ4v) is 5.62. The van der Waals surface area contributed by atoms with Crippen molar-refractivity contribution in [3.05, 3.63) is 53.1 Å². The van der Waals surface area contributed by atoms with Gasteiger partial charge in [0.25, 0.3) is 0 Å². The van der Waals surface area contributed by atoms with E-state index < -0.39 is 10.0 Å². The molecular weight excluding hydrogens is 456 g/mol. The van der Waals surface area contributed by atoms with Crippen molar-refractivity contribution in [3.63, 3.8) is 0 Å². The standard InChI is InChI=1S/C25H30N2O6S/c1-18-4-5-19(2)21(16-18)22(28)7-9-25(29)26-10-12-27(13-11-26)34(30,31)20-6-8-23-24(17-20)33-15-3-14-32-23/h4-6,8,16-17H,3,7,9-15H2,1-2H3. The molecule has 2 aromatic carbocycles. The van der Waals surface area contributed by atoms with Crippen molar-refractivity contribution < 1.29 is 27.5 Å². The van der Waals surface area contributed by atoms with Crippen molar-refractivity contribution in [1.29, 1.82) is 0 Å². The van der Waals surface area contributed by atoms with E-state index in [1.807, 2.05) is 32.0 Å². The molecule has 0 aromatic heterocycles. The monoisotopic (exact) mass is 486 g/mol. The van der Waals surface area contributed by atoms with Crippen molar-refractivity contribution in [2.24, 2.45) is 0 Å². The van der Waals surface area contributed by atoms with Gasteiger partial charge in [0, 0.05) is 57.1 Å². The third-order valence-electron chi connectivity index (χ3n) is 6.21. The number of hydrogen-bond donors (Lipinski definition) is 0. The summed E-state index contributed by atoms with van der Waals surface area (Å²) in [4.78, 5) is 27.1. The minimum absolute atomic E-state index is 0.0508. The summed E-state index contributed by atoms with van der Waals surface area (Å²) in [7, 11) is -3.72. The van der Waals surface area contributed by atoms with Crippen LogP contribution in [0.15, 0.2) is 41.3 Å². The zero-order valence-corrected chi connectivity index (χ0v) is 20.4. The second-order valence-corrected chi connectivity index (χ2v) is 10.6. The predicted molar refractivity (Wildman–Crippen MR) is 127 cm³/mol. The Bertz CT molecular complexity index is 1190. The number of amides is 1. The van der Waals surface area contributed by atoms with Gasteiger partial charge < -0.3 is 14.4 Å². The average Bonchev–Trinajstić information content (AvgIpc) is 3.09. The highest BCUT2D eigenvalue weighted by Crippen LogP contribution is 2.33. The van der Waals surface area contributed by atoms with Gasteiger partial charge in [0.1, 0.15) is 0 Å². The van der Waals surface area contributed by atoms with Gasteiger partial charge >= 0.3 is 0 Å². The Morgan fingerprint density at radius 2 is 1.59 bits per heavy atom. The van der Waals surface area contributed by atoms with E-state index in [4.69, 9.17) is 9.47 Å². The molecule has 0 bridgehead atoms. The van der Waals surface area contributed by atoms with Crippen LogP contribution >= 0.6 is 0 Å². The Labute approximate surface area is 200 Å². The average molecular weight is 487 g/mol. The van der Waals surface area contributed by atoms with Crippen LogP contribution in [0.2, 0.25) is 0 Å². The number of ketones is 1. The number of hydrogen-bond acceptors (Lipinski definition) is 6. The van der Waals surface area contributed by atoms with Crippen molar-refractivity contribution in [2.45, 2.75) is 38.0 Å². The fourth-order valence-electron chi connectivity index (χ4n) is 4.18. The number of aryl methyl sites for hydroxylation is 2. The summed E-state index contributed by atoms with van der Waals surface area (Å²) in [5, 5.41) is 0. The molecule has 34 heavy (non-hydrogen) atoms. The number of nitrogens with zero attached hydrogens (tertiary/aromatic N) is 2. The minimum atomic E-state index is -3.72. The van der Waals surface area contributed by atoms with Gasteiger partial charge in [-0.15, -0.1) is 0 Å². The number of carbonyl (C=O) groups excluding carboxylic acids is 2. The number of sulfonamides is 1. The number of benzene rings is 2. The summed E-state index contributed by atoms with van der Waals surface area (Å²) in [6, 6.07) is 10.4. The normalized spacial score (nSPS) is 16.7. The molecule has 0 aliphatic carbocycles. The van der Waals surface area contributed by atoms with Crippen LogP contribution in [0.4, 0.5) is 0 Å². The van der Waals surface area contributed by atoms with Gasteiger partial charge in [0.15, 0.2) is 17.3 Å². The highest BCUT2D eigenvalue weighted by atomic mass is 32.2. The lowest BCUT2D eigenvalue weighted by Gasteiger charge is -2.34. The molecule has 182 valence electrons. The molecule has 0 saturated carbocycles. The van der Waals surface area contributed by atoms with Gasteiger partial charge in [-0.25, -0.2) is 8.42 Å². The Morgan fingerprint density at radius 1 is 0.882 bits per heavy atom. The summed E-state index contributed by atoms with van der Waals surface area (Å²) in [5.41, 5.74) is 2.56. The number of piperazine rings is 1. The van der Waals surface area contributed by atoms with Crippen molar-refractivity contribution in [3.8, 4) is 11.5 Å². The van der Waals surface area contributed by atoms with E-state index in [9.17, 15) is 18.0 Å². The Kier molecular flexibility index (Phi) is 7.23. The van der Waals surface area contributed by atoms with Crippen LogP contribution in [-0.2, 0) is 14.8 Å². The van der Waals surface area contributed by atoms with E-state index in [-0.39, 0.29) is 42.5 Å². The largest absolute Gasteiger partial charge is 0.490 e. The molecule has 9 heteroatoms. The topological polar surface area (TPSA) is 93.2 Å². The summed E-state index contributed by atoms with van der Waals surface area (Å²) >= 11 is 0. The first-order chi connectivity index (χ1) is 16.3. The highest BCUT2D eigenvalue weighted by Gasteiger charge is 2.31. The first-order valence-corrected chi connectivity index (χ1v) is 13.0. The van der Waals surface area contributed by atoms with Gasteiger partial charge in [-0.3, -0.25) is 9.59 Å². The van der Waals surface area contributed by atoms with E-state index in [1.54, 1.807) is 11.0 Å². The lowest BCUT2D eigenvalue weighted by molar-refractivity contribution is -0.132. The van der Waals surface area contributed by atoms with E-state index >= 15 is 0 Å². The molecule has 0 unspecified atom stereocenters. The SMILES string of the molecule is Cc1ccc(C)c(C(=O)CCC(=O)N2CCN(S(=O)(=O)c3ccc4c(c3)OCCCO4)CC2)c1. The van der Waals surface area contributed by atoms with Crippen molar-refractivity contribution in [2.75, 3.05) is 39.4 Å². The quantitative estimate of drug-likeness (QED) is 0.583. The van der Waals surface area contributed by atoms with Crippen LogP contribution in [0.1, 0.15) is 40.7 Å². The van der Waals surface area contributed by atoms with Crippen LogP contribution in [-0.4, -0.2) is 68.7 Å². The second kappa shape index (κ2) is 10.1. The molecule has 2 aromatic rings. The van der Waals surface area contributed by atoms with Gasteiger partial charge in [-0.05, 0) is 37.6 Å². The lowest BCUT2D eigenvalue weighted by Crippen LogP contribution is -2.50. The molecule has 2 aliphatic rings. The van der Waals surface area contributed by atoms with Crippen molar-refractivity contribution >= 4 is 21.7 Å². The minimum Gasteiger partial charge on any atom is -0.490 e. The molecule has 1 fully saturated rings. The highest BCUT2D eigenvalue weighted by molar-refractivity contribution is 7.89. The molecule has 0 radical (unpaired) electrons. The van der Waals surface area contributed by atoms with Gasteiger partial charge in [-0.2, -0.15) is 4.31 Å². The number of carbonyl (C=O) groups is 2. The third kappa shape index (κ3) is 5.26. The fraction of sp³-hybridized carbons (Fsp3) is 0.440. The maximum absolute atomic E-state index is 13.1. The summed E-state index contributed by atoms with van der Waals surface area (Å²) in [5.74, 6) is 0.791. The van der Waals surface area contributed by atoms with E-state index in [0.29, 0.717) is 43.4 Å². The molecule has 1 saturated heterocycles. The molecule has 0 N–H and O–H groups in total. The van der Waals surface area contributed by atoms with Gasteiger partial charge in [-0.1, -0.05) is 17.7 Å². The summed E-state index contributed by atoms with van der Waals surface area (Å²) in [6.07, 6.45) is 0.989. The van der Waals surface area contributed by atoms with Gasteiger partial charge in [0.2, 0.25) is 15.9 Å². The maximum Gasteiger partial charge on any atom is 0.243 e. The van der Waals surface area contributed by atoms with Crippen molar-refractivity contribution in [1.82, 2.24) is 9.21 Å². The van der Waals surface area contributed by atoms with Crippen LogP contribution < -0.4 is 9.47 Å². The molecule has 0 spiro atoms. The molecule has 2 aliphatic heterocycles. The molecular formula is C25H30N2O6S. The predicted octanol–water partition coefficient (Wildman–Crippen LogP) is 2.96. The number of fused-ring (bicyclic) bond motifs is 1. The lowest BCUT2D eigenvalue weighted by atomic mass is 9.99. The molecule has 4 rings (SSSR count). The van der Waals surface area contributed by atoms with Crippen LogP contribution in [0, 0.1) is 13.8 Å². The second-order valence-electron chi connectivity index (χ2n) is 8.69. The number of Topliss-reactive ketones (excluding diaryl/α,β-unsaturated/α-hetero) is 1. The molecule has 0 atom stereocenters. The van der Waals surface area contributed by atoms with Crippen LogP contribution in [0.5, 0.6) is 11.5 Å². The first kappa shape index (κ1) is 24.2. The Morgan fingerprint density at radius 3 is 2.32 bits per heavy atom. The number of rotatable bonds is 6. The van der Waals surface area contributed by atoms with E-state index in [1.165, 1.54) is 16.4 Å². The smallest absolute Gasteiger partial charge is 0.243 e. The Balaban J connectivity index is 1.33. The zero-order chi connectivity index (χ0) is 24.3. The summed E-state index contributed by atoms with van der Waals surface area (Å²) < 4.78 is 38.9.